The van der Waals surface area contributed by atoms with Crippen LogP contribution in [0.2, 0.25) is 0 Å². The third-order valence-electron chi connectivity index (χ3n) is 4.20. The molecule has 1 aliphatic rings. The first-order valence-electron chi connectivity index (χ1n) is 7.00. The molecule has 0 bridgehead atoms. The fraction of sp³-hybridized carbons (Fsp3) is 0.533. The topological polar surface area (TPSA) is 27.1 Å². The number of nitrogens with zero attached hydrogens (tertiary/aromatic N) is 2. The van der Waals surface area contributed by atoms with Crippen LogP contribution in [0.5, 0.6) is 0 Å². The van der Waals surface area contributed by atoms with Crippen molar-refractivity contribution in [2.75, 3.05) is 13.2 Å². The lowest BCUT2D eigenvalue weighted by Crippen LogP contribution is -2.25. The van der Waals surface area contributed by atoms with Crippen molar-refractivity contribution >= 4 is 38.6 Å². The van der Waals surface area contributed by atoms with Gasteiger partial charge in [-0.15, -0.1) is 11.6 Å². The SMILES string of the molecule is CC(C1CCOCC1)n1c(CCl)nc2cc(Br)ccc21. The van der Waals surface area contributed by atoms with E-state index in [0.717, 1.165) is 41.9 Å². The van der Waals surface area contributed by atoms with E-state index < -0.39 is 0 Å². The van der Waals surface area contributed by atoms with E-state index in [0.29, 0.717) is 17.8 Å². The van der Waals surface area contributed by atoms with Gasteiger partial charge in [-0.3, -0.25) is 0 Å². The van der Waals surface area contributed by atoms with E-state index in [1.165, 1.54) is 5.52 Å². The number of halogens is 2. The average molecular weight is 358 g/mol. The van der Waals surface area contributed by atoms with Crippen LogP contribution in [0.1, 0.15) is 31.6 Å². The second-order valence-electron chi connectivity index (χ2n) is 5.36. The van der Waals surface area contributed by atoms with Crippen molar-refractivity contribution in [1.82, 2.24) is 9.55 Å². The summed E-state index contributed by atoms with van der Waals surface area (Å²) in [4.78, 5) is 4.68. The Labute approximate surface area is 132 Å². The highest BCUT2D eigenvalue weighted by Gasteiger charge is 2.25. The molecule has 1 aliphatic heterocycles. The summed E-state index contributed by atoms with van der Waals surface area (Å²) in [6.45, 7) is 4.00. The normalized spacial score (nSPS) is 18.6. The monoisotopic (exact) mass is 356 g/mol. The van der Waals surface area contributed by atoms with Crippen molar-refractivity contribution < 1.29 is 4.74 Å². The molecule has 0 amide bonds. The van der Waals surface area contributed by atoms with E-state index >= 15 is 0 Å². The van der Waals surface area contributed by atoms with E-state index in [2.05, 4.69) is 50.6 Å². The van der Waals surface area contributed by atoms with Crippen molar-refractivity contribution in [2.45, 2.75) is 31.7 Å². The van der Waals surface area contributed by atoms with Gasteiger partial charge in [0.15, 0.2) is 0 Å². The Bertz CT molecular complexity index is 607. The zero-order valence-corrected chi connectivity index (χ0v) is 13.8. The van der Waals surface area contributed by atoms with Gasteiger partial charge in [0.1, 0.15) is 5.82 Å². The van der Waals surface area contributed by atoms with Gasteiger partial charge in [-0.2, -0.15) is 0 Å². The van der Waals surface area contributed by atoms with Crippen LogP contribution in [0.4, 0.5) is 0 Å². The van der Waals surface area contributed by atoms with Crippen LogP contribution in [-0.4, -0.2) is 22.8 Å². The lowest BCUT2D eigenvalue weighted by Gasteiger charge is -2.30. The highest BCUT2D eigenvalue weighted by Crippen LogP contribution is 2.32. The predicted molar refractivity (Wildman–Crippen MR) is 85.2 cm³/mol. The summed E-state index contributed by atoms with van der Waals surface area (Å²) in [7, 11) is 0. The number of hydrogen-bond acceptors (Lipinski definition) is 2. The molecule has 1 fully saturated rings. The first kappa shape index (κ1) is 14.4. The molecular formula is C15H18BrClN2O. The summed E-state index contributed by atoms with van der Waals surface area (Å²) in [6.07, 6.45) is 2.22. The highest BCUT2D eigenvalue weighted by molar-refractivity contribution is 9.10. The number of imidazole rings is 1. The Morgan fingerprint density at radius 3 is 2.90 bits per heavy atom. The van der Waals surface area contributed by atoms with Crippen molar-refractivity contribution in [2.24, 2.45) is 5.92 Å². The van der Waals surface area contributed by atoms with Gasteiger partial charge in [-0.25, -0.2) is 4.98 Å². The molecule has 0 N–H and O–H groups in total. The van der Waals surface area contributed by atoms with Gasteiger partial charge in [0.05, 0.1) is 16.9 Å². The van der Waals surface area contributed by atoms with E-state index in [4.69, 9.17) is 16.3 Å². The second kappa shape index (κ2) is 6.04. The second-order valence-corrected chi connectivity index (χ2v) is 6.54. The van der Waals surface area contributed by atoms with Crippen molar-refractivity contribution in [3.05, 3.63) is 28.5 Å². The first-order chi connectivity index (χ1) is 9.70. The summed E-state index contributed by atoms with van der Waals surface area (Å²) < 4.78 is 8.83. The summed E-state index contributed by atoms with van der Waals surface area (Å²) >= 11 is 9.61. The molecule has 3 nitrogen and oxygen atoms in total. The molecule has 1 atom stereocenters. The minimum atomic E-state index is 0.402. The molecule has 1 unspecified atom stereocenters. The van der Waals surface area contributed by atoms with Gasteiger partial charge in [0, 0.05) is 23.7 Å². The average Bonchev–Trinajstić information content (AvgIpc) is 2.84. The van der Waals surface area contributed by atoms with E-state index in [-0.39, 0.29) is 0 Å². The van der Waals surface area contributed by atoms with Crippen LogP contribution in [0, 0.1) is 5.92 Å². The highest BCUT2D eigenvalue weighted by atomic mass is 79.9. The molecule has 1 aromatic heterocycles. The minimum absolute atomic E-state index is 0.402. The molecule has 2 heterocycles. The molecule has 0 saturated carbocycles. The Balaban J connectivity index is 2.04. The number of fused-ring (bicyclic) bond motifs is 1. The Kier molecular flexibility index (Phi) is 4.34. The number of aromatic nitrogens is 2. The van der Waals surface area contributed by atoms with Gasteiger partial charge in [-0.1, -0.05) is 15.9 Å². The molecule has 1 aromatic carbocycles. The van der Waals surface area contributed by atoms with Crippen LogP contribution >= 0.6 is 27.5 Å². The largest absolute Gasteiger partial charge is 0.381 e. The summed E-state index contributed by atoms with van der Waals surface area (Å²) in [6, 6.07) is 6.64. The number of alkyl halides is 1. The molecule has 20 heavy (non-hydrogen) atoms. The standard InChI is InChI=1S/C15H18BrClN2O/c1-10(11-4-6-20-7-5-11)19-14-3-2-12(16)8-13(14)18-15(19)9-17/h2-3,8,10-11H,4-7,9H2,1H3. The molecule has 108 valence electrons. The summed E-state index contributed by atoms with van der Waals surface area (Å²) in [5.41, 5.74) is 2.18. The molecule has 1 saturated heterocycles. The first-order valence-corrected chi connectivity index (χ1v) is 8.33. The molecule has 2 aromatic rings. The Morgan fingerprint density at radius 1 is 1.45 bits per heavy atom. The summed E-state index contributed by atoms with van der Waals surface area (Å²) in [5, 5.41) is 0. The Hall–Kier alpha value is -0.580. The maximum absolute atomic E-state index is 6.11. The van der Waals surface area contributed by atoms with Crippen LogP contribution in [0.3, 0.4) is 0 Å². The van der Waals surface area contributed by atoms with Gasteiger partial charge in [-0.05, 0) is 43.9 Å². The van der Waals surface area contributed by atoms with Gasteiger partial charge >= 0.3 is 0 Å². The lowest BCUT2D eigenvalue weighted by molar-refractivity contribution is 0.0516. The fourth-order valence-corrected chi connectivity index (χ4v) is 3.62. The van der Waals surface area contributed by atoms with Gasteiger partial charge < -0.3 is 9.30 Å². The van der Waals surface area contributed by atoms with Crippen LogP contribution in [0.25, 0.3) is 11.0 Å². The number of hydrogen-bond donors (Lipinski definition) is 0. The van der Waals surface area contributed by atoms with Crippen LogP contribution < -0.4 is 0 Å². The zero-order chi connectivity index (χ0) is 14.1. The minimum Gasteiger partial charge on any atom is -0.381 e. The fourth-order valence-electron chi connectivity index (χ4n) is 3.08. The summed E-state index contributed by atoms with van der Waals surface area (Å²) in [5.74, 6) is 2.03. The van der Waals surface area contributed by atoms with E-state index in [1.54, 1.807) is 0 Å². The third kappa shape index (κ3) is 2.61. The molecule has 0 aliphatic carbocycles. The van der Waals surface area contributed by atoms with E-state index in [1.807, 2.05) is 0 Å². The molecule has 0 radical (unpaired) electrons. The van der Waals surface area contributed by atoms with Crippen molar-refractivity contribution in [3.8, 4) is 0 Å². The van der Waals surface area contributed by atoms with Gasteiger partial charge in [0.2, 0.25) is 0 Å². The molecular weight excluding hydrogens is 340 g/mol. The molecule has 5 heteroatoms. The number of ether oxygens (including phenoxy) is 1. The van der Waals surface area contributed by atoms with E-state index in [9.17, 15) is 0 Å². The van der Waals surface area contributed by atoms with Crippen molar-refractivity contribution in [1.29, 1.82) is 0 Å². The zero-order valence-electron chi connectivity index (χ0n) is 11.5. The van der Waals surface area contributed by atoms with Crippen LogP contribution in [-0.2, 0) is 10.6 Å². The number of benzene rings is 1. The predicted octanol–water partition coefficient (Wildman–Crippen LogP) is 4.53. The molecule has 3 rings (SSSR count). The number of rotatable bonds is 3. The lowest BCUT2D eigenvalue weighted by atomic mass is 9.92. The maximum atomic E-state index is 6.11. The third-order valence-corrected chi connectivity index (χ3v) is 4.93. The molecule has 0 spiro atoms. The quantitative estimate of drug-likeness (QED) is 0.755. The smallest absolute Gasteiger partial charge is 0.125 e. The van der Waals surface area contributed by atoms with Crippen LogP contribution in [0.15, 0.2) is 22.7 Å². The maximum Gasteiger partial charge on any atom is 0.125 e. The van der Waals surface area contributed by atoms with Crippen molar-refractivity contribution in [3.63, 3.8) is 0 Å². The Morgan fingerprint density at radius 2 is 2.20 bits per heavy atom. The van der Waals surface area contributed by atoms with Gasteiger partial charge in [0.25, 0.3) is 0 Å².